The second-order valence-corrected chi connectivity index (χ2v) is 5.83. The average Bonchev–Trinajstić information content (AvgIpc) is 2.33. The number of piperazine rings is 1. The molecule has 1 aliphatic rings. The van der Waals surface area contributed by atoms with E-state index in [1.165, 1.54) is 5.56 Å². The van der Waals surface area contributed by atoms with Crippen molar-refractivity contribution in [3.05, 3.63) is 30.1 Å². The fourth-order valence-electron chi connectivity index (χ4n) is 2.95. The Kier molecular flexibility index (Phi) is 4.00. The van der Waals surface area contributed by atoms with Gasteiger partial charge in [-0.15, -0.1) is 0 Å². The Morgan fingerprint density at radius 3 is 2.67 bits per heavy atom. The number of aromatic nitrogens is 1. The Bertz CT molecular complexity index is 380. The number of aliphatic hydroxyl groups excluding tert-OH is 1. The predicted molar refractivity (Wildman–Crippen MR) is 72.2 cm³/mol. The fraction of sp³-hybridized carbons (Fsp3) is 0.643. The molecule has 1 aromatic heterocycles. The van der Waals surface area contributed by atoms with Crippen LogP contribution in [0.5, 0.6) is 0 Å². The Balaban J connectivity index is 2.17. The first-order valence-corrected chi connectivity index (χ1v) is 6.48. The van der Waals surface area contributed by atoms with Gasteiger partial charge in [0.15, 0.2) is 0 Å². The van der Waals surface area contributed by atoms with Crippen LogP contribution < -0.4 is 0 Å². The molecule has 1 fully saturated rings. The molecule has 4 heteroatoms. The van der Waals surface area contributed by atoms with Gasteiger partial charge < -0.3 is 10.0 Å². The van der Waals surface area contributed by atoms with Gasteiger partial charge in [0.1, 0.15) is 0 Å². The molecule has 0 spiro atoms. The number of hydrogen-bond acceptors (Lipinski definition) is 4. The second-order valence-electron chi connectivity index (χ2n) is 5.83. The SMILES string of the molecule is CN1CC(CO)N(Cc2ccncc2)C(C)(C)C1. The number of rotatable bonds is 3. The molecule has 2 heterocycles. The molecule has 1 atom stereocenters. The topological polar surface area (TPSA) is 39.6 Å². The molecular formula is C14H23N3O. The van der Waals surface area contributed by atoms with Gasteiger partial charge in [0.2, 0.25) is 0 Å². The molecule has 0 aliphatic carbocycles. The van der Waals surface area contributed by atoms with E-state index < -0.39 is 0 Å². The van der Waals surface area contributed by atoms with Crippen molar-refractivity contribution in [2.24, 2.45) is 0 Å². The van der Waals surface area contributed by atoms with Crippen molar-refractivity contribution >= 4 is 0 Å². The number of nitrogens with zero attached hydrogens (tertiary/aromatic N) is 3. The highest BCUT2D eigenvalue weighted by Crippen LogP contribution is 2.26. The van der Waals surface area contributed by atoms with Crippen molar-refractivity contribution in [1.82, 2.24) is 14.8 Å². The normalized spacial score (nSPS) is 25.2. The molecule has 1 aliphatic heterocycles. The van der Waals surface area contributed by atoms with Gasteiger partial charge in [0, 0.05) is 43.6 Å². The van der Waals surface area contributed by atoms with E-state index in [1.54, 1.807) is 0 Å². The lowest BCUT2D eigenvalue weighted by Crippen LogP contribution is -2.63. The summed E-state index contributed by atoms with van der Waals surface area (Å²) >= 11 is 0. The van der Waals surface area contributed by atoms with Crippen LogP contribution in [0.15, 0.2) is 24.5 Å². The van der Waals surface area contributed by atoms with Gasteiger partial charge in [-0.3, -0.25) is 9.88 Å². The zero-order chi connectivity index (χ0) is 13.2. The Labute approximate surface area is 109 Å². The van der Waals surface area contributed by atoms with Crippen molar-refractivity contribution in [2.45, 2.75) is 32.0 Å². The van der Waals surface area contributed by atoms with E-state index in [9.17, 15) is 5.11 Å². The van der Waals surface area contributed by atoms with Crippen LogP contribution in [-0.2, 0) is 6.54 Å². The molecule has 4 nitrogen and oxygen atoms in total. The molecule has 1 aromatic rings. The Hall–Kier alpha value is -0.970. The molecule has 0 bridgehead atoms. The van der Waals surface area contributed by atoms with Crippen molar-refractivity contribution in [2.75, 3.05) is 26.7 Å². The van der Waals surface area contributed by atoms with Crippen LogP contribution >= 0.6 is 0 Å². The molecule has 0 amide bonds. The van der Waals surface area contributed by atoms with E-state index in [-0.39, 0.29) is 18.2 Å². The molecule has 100 valence electrons. The first-order chi connectivity index (χ1) is 8.53. The summed E-state index contributed by atoms with van der Waals surface area (Å²) in [7, 11) is 2.12. The van der Waals surface area contributed by atoms with Gasteiger partial charge in [-0.1, -0.05) is 0 Å². The maximum absolute atomic E-state index is 9.61. The van der Waals surface area contributed by atoms with E-state index in [4.69, 9.17) is 0 Å². The van der Waals surface area contributed by atoms with Gasteiger partial charge in [-0.2, -0.15) is 0 Å². The molecule has 0 aromatic carbocycles. The van der Waals surface area contributed by atoms with Crippen molar-refractivity contribution in [1.29, 1.82) is 0 Å². The number of hydrogen-bond donors (Lipinski definition) is 1. The maximum atomic E-state index is 9.61. The highest BCUT2D eigenvalue weighted by Gasteiger charge is 2.38. The summed E-state index contributed by atoms with van der Waals surface area (Å²) in [6.07, 6.45) is 3.65. The number of aliphatic hydroxyl groups is 1. The summed E-state index contributed by atoms with van der Waals surface area (Å²) in [5, 5.41) is 9.61. The standard InChI is InChI=1S/C14H23N3O/c1-14(2)11-16(3)9-13(10-18)17(14)8-12-4-6-15-7-5-12/h4-7,13,18H,8-11H2,1-3H3. The molecule has 0 saturated carbocycles. The minimum absolute atomic E-state index is 0.0731. The zero-order valence-electron chi connectivity index (χ0n) is 11.5. The van der Waals surface area contributed by atoms with Crippen LogP contribution in [0.2, 0.25) is 0 Å². The second kappa shape index (κ2) is 5.34. The molecule has 18 heavy (non-hydrogen) atoms. The molecule has 0 radical (unpaired) electrons. The van der Waals surface area contributed by atoms with Gasteiger partial charge >= 0.3 is 0 Å². The van der Waals surface area contributed by atoms with Crippen LogP contribution in [0.4, 0.5) is 0 Å². The van der Waals surface area contributed by atoms with Gasteiger partial charge in [0.05, 0.1) is 6.61 Å². The van der Waals surface area contributed by atoms with E-state index in [0.717, 1.165) is 19.6 Å². The lowest BCUT2D eigenvalue weighted by molar-refractivity contribution is -0.0418. The monoisotopic (exact) mass is 249 g/mol. The van der Waals surface area contributed by atoms with Gasteiger partial charge in [-0.05, 0) is 38.6 Å². The third-order valence-corrected chi connectivity index (χ3v) is 3.71. The van der Waals surface area contributed by atoms with Crippen LogP contribution in [0.3, 0.4) is 0 Å². The fourth-order valence-corrected chi connectivity index (χ4v) is 2.95. The predicted octanol–water partition coefficient (Wildman–Crippen LogP) is 0.968. The molecule has 1 N–H and O–H groups in total. The van der Waals surface area contributed by atoms with Crippen LogP contribution in [0.25, 0.3) is 0 Å². The van der Waals surface area contributed by atoms with Crippen molar-refractivity contribution in [3.63, 3.8) is 0 Å². The highest BCUT2D eigenvalue weighted by atomic mass is 16.3. The van der Waals surface area contributed by atoms with Crippen LogP contribution in [0.1, 0.15) is 19.4 Å². The summed E-state index contributed by atoms with van der Waals surface area (Å²) in [5.74, 6) is 0. The number of pyridine rings is 1. The van der Waals surface area contributed by atoms with Crippen molar-refractivity contribution in [3.8, 4) is 0 Å². The molecule has 1 saturated heterocycles. The third kappa shape index (κ3) is 2.88. The maximum Gasteiger partial charge on any atom is 0.0599 e. The Morgan fingerprint density at radius 1 is 1.39 bits per heavy atom. The Morgan fingerprint density at radius 2 is 2.06 bits per heavy atom. The first kappa shape index (κ1) is 13.5. The van der Waals surface area contributed by atoms with Crippen LogP contribution in [0, 0.1) is 0 Å². The first-order valence-electron chi connectivity index (χ1n) is 6.48. The molecular weight excluding hydrogens is 226 g/mol. The summed E-state index contributed by atoms with van der Waals surface area (Å²) in [4.78, 5) is 8.75. The summed E-state index contributed by atoms with van der Waals surface area (Å²) in [6.45, 7) is 7.51. The summed E-state index contributed by atoms with van der Waals surface area (Å²) in [6, 6.07) is 4.29. The van der Waals surface area contributed by atoms with E-state index in [1.807, 2.05) is 24.5 Å². The summed E-state index contributed by atoms with van der Waals surface area (Å²) in [5.41, 5.74) is 1.32. The minimum Gasteiger partial charge on any atom is -0.395 e. The largest absolute Gasteiger partial charge is 0.395 e. The van der Waals surface area contributed by atoms with Gasteiger partial charge in [-0.25, -0.2) is 0 Å². The quantitative estimate of drug-likeness (QED) is 0.866. The third-order valence-electron chi connectivity index (χ3n) is 3.71. The summed E-state index contributed by atoms with van der Waals surface area (Å²) < 4.78 is 0. The molecule has 1 unspecified atom stereocenters. The molecule has 2 rings (SSSR count). The lowest BCUT2D eigenvalue weighted by Gasteiger charge is -2.50. The number of likely N-dealkylation sites (N-methyl/N-ethyl adjacent to an activating group) is 1. The van der Waals surface area contributed by atoms with E-state index in [0.29, 0.717) is 0 Å². The van der Waals surface area contributed by atoms with Crippen molar-refractivity contribution < 1.29 is 5.11 Å². The minimum atomic E-state index is 0.0731. The smallest absolute Gasteiger partial charge is 0.0599 e. The van der Waals surface area contributed by atoms with Crippen LogP contribution in [-0.4, -0.2) is 58.2 Å². The lowest BCUT2D eigenvalue weighted by atomic mass is 9.94. The zero-order valence-corrected chi connectivity index (χ0v) is 11.5. The van der Waals surface area contributed by atoms with E-state index in [2.05, 4.69) is 35.7 Å². The van der Waals surface area contributed by atoms with E-state index >= 15 is 0 Å². The van der Waals surface area contributed by atoms with Gasteiger partial charge in [0.25, 0.3) is 0 Å². The highest BCUT2D eigenvalue weighted by molar-refractivity contribution is 5.11. The average molecular weight is 249 g/mol.